The van der Waals surface area contributed by atoms with E-state index < -0.39 is 5.60 Å². The zero-order valence-corrected chi connectivity index (χ0v) is 20.6. The van der Waals surface area contributed by atoms with Crippen molar-refractivity contribution in [2.45, 2.75) is 104 Å². The monoisotopic (exact) mass is 428 g/mol. The molecule has 0 radical (unpaired) electrons. The van der Waals surface area contributed by atoms with E-state index >= 15 is 0 Å². The molecule has 0 aromatic carbocycles. The largest absolute Gasteiger partial charge is 0.393 e. The fourth-order valence-electron chi connectivity index (χ4n) is 8.71. The number of hydrogen-bond acceptors (Lipinski definition) is 3. The third-order valence-corrected chi connectivity index (χ3v) is 11.1. The van der Waals surface area contributed by atoms with Crippen molar-refractivity contribution in [3.05, 3.63) is 24.3 Å². The lowest BCUT2D eigenvalue weighted by molar-refractivity contribution is -0.497. The Kier molecular flexibility index (Phi) is 5.13. The second kappa shape index (κ2) is 7.18. The maximum absolute atomic E-state index is 10.4. The lowest BCUT2D eigenvalue weighted by Crippen LogP contribution is -2.73. The van der Waals surface area contributed by atoms with Gasteiger partial charge in [0.2, 0.25) is 0 Å². The van der Waals surface area contributed by atoms with Gasteiger partial charge in [0.05, 0.1) is 6.10 Å². The molecule has 10 atom stereocenters. The molecule has 3 heteroatoms. The van der Waals surface area contributed by atoms with Gasteiger partial charge in [0.1, 0.15) is 11.2 Å². The van der Waals surface area contributed by atoms with E-state index in [1.54, 1.807) is 0 Å². The Morgan fingerprint density at radius 3 is 2.35 bits per heavy atom. The number of aliphatic hydroxyl groups is 1. The van der Waals surface area contributed by atoms with E-state index in [2.05, 4.69) is 65.8 Å². The summed E-state index contributed by atoms with van der Waals surface area (Å²) in [5.41, 5.74) is -0.366. The molecule has 31 heavy (non-hydrogen) atoms. The average Bonchev–Trinajstić information content (AvgIpc) is 3.09. The first-order chi connectivity index (χ1) is 14.6. The fraction of sp³-hybridized carbons (Fsp3) is 0.857. The van der Waals surface area contributed by atoms with Crippen molar-refractivity contribution in [1.29, 1.82) is 0 Å². The van der Waals surface area contributed by atoms with E-state index in [0.29, 0.717) is 41.9 Å². The molecule has 2 aliphatic heterocycles. The summed E-state index contributed by atoms with van der Waals surface area (Å²) >= 11 is 0. The molecule has 6 rings (SSSR count). The summed E-state index contributed by atoms with van der Waals surface area (Å²) in [5, 5.41) is 10.4. The van der Waals surface area contributed by atoms with Gasteiger partial charge in [0.15, 0.2) is 0 Å². The maximum atomic E-state index is 10.4. The Bertz CT molecular complexity index is 772. The number of aliphatic hydroxyl groups excluding tert-OH is 1. The molecule has 6 aliphatic rings. The second-order valence-electron chi connectivity index (χ2n) is 12.7. The maximum Gasteiger partial charge on any atom is 0.130 e. The summed E-state index contributed by atoms with van der Waals surface area (Å²) in [7, 11) is 0. The predicted octanol–water partition coefficient (Wildman–Crippen LogP) is 6.47. The molecular weight excluding hydrogens is 384 g/mol. The predicted molar refractivity (Wildman–Crippen MR) is 124 cm³/mol. The highest BCUT2D eigenvalue weighted by atomic mass is 17.2. The molecule has 0 amide bonds. The zero-order valence-electron chi connectivity index (χ0n) is 20.6. The van der Waals surface area contributed by atoms with Crippen LogP contribution in [0, 0.1) is 46.3 Å². The minimum atomic E-state index is -0.439. The standard InChI is InChI=1S/C28H44O3/c1-18(2)19(3)7-8-20(4)22-9-10-23-25(22,5)13-12-24-26(6)14-11-21(29)17-27(26)15-16-28(23,24)31-30-27/h7-8,15-16,18-24,29H,9-14,17H2,1-6H3/b8-7-/t19-,20-,21+,22-,23-,24-,25-,26-,27-,28-/m1/s1. The summed E-state index contributed by atoms with van der Waals surface area (Å²) in [6, 6.07) is 0. The molecule has 2 heterocycles. The molecular formula is C28H44O3. The van der Waals surface area contributed by atoms with Crippen LogP contribution in [0.25, 0.3) is 0 Å². The molecule has 0 aromatic heterocycles. The van der Waals surface area contributed by atoms with Gasteiger partial charge in [-0.3, -0.25) is 0 Å². The van der Waals surface area contributed by atoms with E-state index in [4.69, 9.17) is 9.78 Å². The van der Waals surface area contributed by atoms with Crippen LogP contribution in [0.1, 0.15) is 86.5 Å². The van der Waals surface area contributed by atoms with Crippen molar-refractivity contribution in [2.24, 2.45) is 46.3 Å². The first kappa shape index (κ1) is 22.2. The Morgan fingerprint density at radius 2 is 1.68 bits per heavy atom. The van der Waals surface area contributed by atoms with Gasteiger partial charge in [-0.2, -0.15) is 0 Å². The third-order valence-electron chi connectivity index (χ3n) is 11.1. The van der Waals surface area contributed by atoms with Gasteiger partial charge < -0.3 is 5.11 Å². The minimum Gasteiger partial charge on any atom is -0.393 e. The fourth-order valence-corrected chi connectivity index (χ4v) is 8.71. The van der Waals surface area contributed by atoms with Crippen molar-refractivity contribution in [3.8, 4) is 0 Å². The minimum absolute atomic E-state index is 0.0663. The molecule has 174 valence electrons. The first-order valence-electron chi connectivity index (χ1n) is 13.0. The summed E-state index contributed by atoms with van der Waals surface area (Å²) in [5.74, 6) is 3.64. The molecule has 4 aliphatic carbocycles. The highest BCUT2D eigenvalue weighted by Crippen LogP contribution is 2.72. The van der Waals surface area contributed by atoms with Crippen molar-refractivity contribution >= 4 is 0 Å². The molecule has 0 aromatic rings. The van der Waals surface area contributed by atoms with Crippen LogP contribution in [-0.4, -0.2) is 22.4 Å². The molecule has 0 unspecified atom stereocenters. The van der Waals surface area contributed by atoms with Crippen LogP contribution in [0.3, 0.4) is 0 Å². The number of rotatable bonds is 4. The average molecular weight is 429 g/mol. The molecule has 2 spiro atoms. The molecule has 4 fully saturated rings. The number of fused-ring (bicyclic) bond motifs is 2. The Morgan fingerprint density at radius 1 is 0.903 bits per heavy atom. The van der Waals surface area contributed by atoms with Crippen LogP contribution in [-0.2, 0) is 9.78 Å². The number of allylic oxidation sites excluding steroid dienone is 2. The first-order valence-corrected chi connectivity index (χ1v) is 13.0. The van der Waals surface area contributed by atoms with Gasteiger partial charge in [0, 0.05) is 23.7 Å². The molecule has 3 saturated carbocycles. The van der Waals surface area contributed by atoms with E-state index in [0.717, 1.165) is 12.8 Å². The van der Waals surface area contributed by atoms with E-state index in [9.17, 15) is 5.11 Å². The molecule has 2 bridgehead atoms. The van der Waals surface area contributed by atoms with Crippen LogP contribution in [0.4, 0.5) is 0 Å². The molecule has 3 nitrogen and oxygen atoms in total. The van der Waals surface area contributed by atoms with E-state index in [1.807, 2.05) is 0 Å². The van der Waals surface area contributed by atoms with Crippen molar-refractivity contribution in [2.75, 3.05) is 0 Å². The van der Waals surface area contributed by atoms with Crippen molar-refractivity contribution in [1.82, 2.24) is 0 Å². The van der Waals surface area contributed by atoms with Gasteiger partial charge in [-0.25, -0.2) is 9.78 Å². The smallest absolute Gasteiger partial charge is 0.130 e. The summed E-state index contributed by atoms with van der Waals surface area (Å²) < 4.78 is 0. The van der Waals surface area contributed by atoms with Gasteiger partial charge in [-0.1, -0.05) is 59.8 Å². The number of hydrogen-bond donors (Lipinski definition) is 1. The summed E-state index contributed by atoms with van der Waals surface area (Å²) in [6.45, 7) is 14.4. The van der Waals surface area contributed by atoms with Gasteiger partial charge in [-0.05, 0) is 73.7 Å². The molecule has 1 saturated heterocycles. The topological polar surface area (TPSA) is 38.7 Å². The van der Waals surface area contributed by atoms with Crippen LogP contribution in [0.5, 0.6) is 0 Å². The lowest BCUT2D eigenvalue weighted by Gasteiger charge is -2.69. The van der Waals surface area contributed by atoms with Crippen molar-refractivity contribution < 1.29 is 14.9 Å². The molecule has 1 N–H and O–H groups in total. The van der Waals surface area contributed by atoms with Gasteiger partial charge in [-0.15, -0.1) is 0 Å². The Balaban J connectivity index is 1.45. The Hall–Kier alpha value is -0.640. The highest BCUT2D eigenvalue weighted by molar-refractivity contribution is 5.33. The van der Waals surface area contributed by atoms with Crippen LogP contribution in [0.2, 0.25) is 0 Å². The zero-order chi connectivity index (χ0) is 22.2. The van der Waals surface area contributed by atoms with Crippen LogP contribution in [0.15, 0.2) is 24.3 Å². The summed E-state index contributed by atoms with van der Waals surface area (Å²) in [4.78, 5) is 12.8. The summed E-state index contributed by atoms with van der Waals surface area (Å²) in [6.07, 6.45) is 17.0. The Labute approximate surface area is 189 Å². The highest BCUT2D eigenvalue weighted by Gasteiger charge is 2.74. The third kappa shape index (κ3) is 2.88. The van der Waals surface area contributed by atoms with Crippen molar-refractivity contribution in [3.63, 3.8) is 0 Å². The SMILES string of the molecule is CC(C)[C@H](C)/C=C\[C@@H](C)[C@H]1CC[C@@H]2[C@]1(C)CC[C@H]1[C@@]23C=C[C@]2(C[C@@H](O)CC[C@]12C)OO3. The van der Waals surface area contributed by atoms with Crippen LogP contribution >= 0.6 is 0 Å². The normalized spacial score (nSPS) is 52.8. The van der Waals surface area contributed by atoms with Gasteiger partial charge >= 0.3 is 0 Å². The quantitative estimate of drug-likeness (QED) is 0.412. The van der Waals surface area contributed by atoms with Crippen LogP contribution < -0.4 is 0 Å². The lowest BCUT2D eigenvalue weighted by atomic mass is 9.43. The van der Waals surface area contributed by atoms with E-state index in [-0.39, 0.29) is 22.5 Å². The second-order valence-corrected chi connectivity index (χ2v) is 12.7. The van der Waals surface area contributed by atoms with Gasteiger partial charge in [0.25, 0.3) is 0 Å². The van der Waals surface area contributed by atoms with E-state index in [1.165, 1.54) is 25.7 Å².